The van der Waals surface area contributed by atoms with Crippen LogP contribution < -0.4 is 10.6 Å². The lowest BCUT2D eigenvalue weighted by molar-refractivity contribution is 0.510. The number of hydrogen-bond acceptors (Lipinski definition) is 4. The number of aromatic nitrogens is 2. The Labute approximate surface area is 116 Å². The molecule has 0 radical (unpaired) electrons. The molecule has 2 N–H and O–H groups in total. The summed E-state index contributed by atoms with van der Waals surface area (Å²) in [6.07, 6.45) is 4.32. The van der Waals surface area contributed by atoms with Gasteiger partial charge in [0.1, 0.15) is 0 Å². The highest BCUT2D eigenvalue weighted by molar-refractivity contribution is 5.54. The van der Waals surface area contributed by atoms with Crippen LogP contribution in [-0.4, -0.2) is 22.3 Å². The molecule has 0 spiro atoms. The van der Waals surface area contributed by atoms with E-state index < -0.39 is 0 Å². The van der Waals surface area contributed by atoms with Crippen molar-refractivity contribution in [3.63, 3.8) is 0 Å². The predicted molar refractivity (Wildman–Crippen MR) is 79.3 cm³/mol. The summed E-state index contributed by atoms with van der Waals surface area (Å²) >= 11 is 0. The van der Waals surface area contributed by atoms with Crippen LogP contribution in [0.25, 0.3) is 0 Å². The van der Waals surface area contributed by atoms with Crippen molar-refractivity contribution in [3.8, 4) is 0 Å². The summed E-state index contributed by atoms with van der Waals surface area (Å²) in [5, 5.41) is 8.94. The lowest BCUT2D eigenvalue weighted by Gasteiger charge is -2.34. The molecule has 1 saturated heterocycles. The highest BCUT2D eigenvalue weighted by Gasteiger charge is 2.34. The minimum absolute atomic E-state index is 0.164. The SMILES string of the molecule is CCc1nnc(N2CCCC2(C)C)c(CN)c1CC. The van der Waals surface area contributed by atoms with Gasteiger partial charge in [-0.05, 0) is 45.1 Å². The molecule has 106 valence electrons. The van der Waals surface area contributed by atoms with E-state index in [9.17, 15) is 0 Å². The van der Waals surface area contributed by atoms with E-state index in [1.165, 1.54) is 24.0 Å². The maximum atomic E-state index is 6.01. The Kier molecular flexibility index (Phi) is 4.09. The predicted octanol–water partition coefficient (Wildman–Crippen LogP) is 2.44. The Balaban J connectivity index is 2.52. The van der Waals surface area contributed by atoms with Crippen molar-refractivity contribution in [1.82, 2.24) is 10.2 Å². The van der Waals surface area contributed by atoms with Gasteiger partial charge in [0.05, 0.1) is 5.69 Å². The molecular formula is C15H26N4. The minimum atomic E-state index is 0.164. The van der Waals surface area contributed by atoms with Gasteiger partial charge in [0.25, 0.3) is 0 Å². The van der Waals surface area contributed by atoms with Gasteiger partial charge in [-0.1, -0.05) is 13.8 Å². The number of rotatable bonds is 4. The molecule has 19 heavy (non-hydrogen) atoms. The fraction of sp³-hybridized carbons (Fsp3) is 0.733. The molecule has 0 amide bonds. The van der Waals surface area contributed by atoms with Gasteiger partial charge in [-0.25, -0.2) is 0 Å². The molecule has 1 aromatic rings. The van der Waals surface area contributed by atoms with Crippen LogP contribution in [0.1, 0.15) is 57.4 Å². The Bertz CT molecular complexity index is 454. The van der Waals surface area contributed by atoms with E-state index in [4.69, 9.17) is 5.73 Å². The average Bonchev–Trinajstić information content (AvgIpc) is 2.76. The quantitative estimate of drug-likeness (QED) is 0.905. The number of aryl methyl sites for hydroxylation is 1. The molecule has 4 nitrogen and oxygen atoms in total. The van der Waals surface area contributed by atoms with Crippen LogP contribution in [0, 0.1) is 0 Å². The first-order valence-electron chi connectivity index (χ1n) is 7.40. The highest BCUT2D eigenvalue weighted by atomic mass is 15.3. The fourth-order valence-electron chi connectivity index (χ4n) is 3.17. The summed E-state index contributed by atoms with van der Waals surface area (Å²) in [4.78, 5) is 2.39. The van der Waals surface area contributed by atoms with Crippen molar-refractivity contribution in [2.24, 2.45) is 5.73 Å². The van der Waals surface area contributed by atoms with E-state index in [2.05, 4.69) is 42.8 Å². The van der Waals surface area contributed by atoms with E-state index in [0.29, 0.717) is 6.54 Å². The summed E-state index contributed by atoms with van der Waals surface area (Å²) < 4.78 is 0. The number of nitrogens with zero attached hydrogens (tertiary/aromatic N) is 3. The lowest BCUT2D eigenvalue weighted by Crippen LogP contribution is -2.40. The molecule has 1 fully saturated rings. The third-order valence-corrected chi connectivity index (χ3v) is 4.30. The van der Waals surface area contributed by atoms with E-state index in [1.54, 1.807) is 0 Å². The first-order chi connectivity index (χ1) is 9.05. The molecule has 1 aliphatic rings. The van der Waals surface area contributed by atoms with Crippen LogP contribution in [-0.2, 0) is 19.4 Å². The third kappa shape index (κ3) is 2.46. The Hall–Kier alpha value is -1.16. The van der Waals surface area contributed by atoms with Gasteiger partial charge < -0.3 is 10.6 Å². The summed E-state index contributed by atoms with van der Waals surface area (Å²) in [7, 11) is 0. The number of hydrogen-bond donors (Lipinski definition) is 1. The monoisotopic (exact) mass is 262 g/mol. The van der Waals surface area contributed by atoms with Crippen molar-refractivity contribution < 1.29 is 0 Å². The molecule has 4 heteroatoms. The van der Waals surface area contributed by atoms with Crippen molar-refractivity contribution in [3.05, 3.63) is 16.8 Å². The van der Waals surface area contributed by atoms with Crippen LogP contribution in [0.3, 0.4) is 0 Å². The van der Waals surface area contributed by atoms with Crippen molar-refractivity contribution >= 4 is 5.82 Å². The first kappa shape index (κ1) is 14.3. The number of anilines is 1. The topological polar surface area (TPSA) is 55.0 Å². The molecule has 0 unspecified atom stereocenters. The Morgan fingerprint density at radius 3 is 2.37 bits per heavy atom. The second kappa shape index (κ2) is 5.45. The van der Waals surface area contributed by atoms with Crippen molar-refractivity contribution in [1.29, 1.82) is 0 Å². The maximum absolute atomic E-state index is 6.01. The minimum Gasteiger partial charge on any atom is -0.350 e. The zero-order valence-electron chi connectivity index (χ0n) is 12.7. The molecule has 1 aliphatic heterocycles. The van der Waals surface area contributed by atoms with Gasteiger partial charge in [0.2, 0.25) is 0 Å². The summed E-state index contributed by atoms with van der Waals surface area (Å²) in [5.74, 6) is 1.01. The van der Waals surface area contributed by atoms with Gasteiger partial charge >= 0.3 is 0 Å². The molecule has 0 atom stereocenters. The van der Waals surface area contributed by atoms with Crippen molar-refractivity contribution in [2.45, 2.75) is 65.5 Å². The van der Waals surface area contributed by atoms with E-state index in [1.807, 2.05) is 0 Å². The van der Waals surface area contributed by atoms with Crippen LogP contribution in [0.15, 0.2) is 0 Å². The zero-order chi connectivity index (χ0) is 14.0. The third-order valence-electron chi connectivity index (χ3n) is 4.30. The van der Waals surface area contributed by atoms with Gasteiger partial charge in [-0.3, -0.25) is 0 Å². The normalized spacial score (nSPS) is 18.1. The maximum Gasteiger partial charge on any atom is 0.156 e. The highest BCUT2D eigenvalue weighted by Crippen LogP contribution is 2.35. The van der Waals surface area contributed by atoms with Gasteiger partial charge in [-0.15, -0.1) is 5.10 Å². The molecule has 2 heterocycles. The van der Waals surface area contributed by atoms with E-state index >= 15 is 0 Å². The second-order valence-electron chi connectivity index (χ2n) is 5.91. The van der Waals surface area contributed by atoms with Gasteiger partial charge in [0.15, 0.2) is 5.82 Å². The average molecular weight is 262 g/mol. The lowest BCUT2D eigenvalue weighted by atomic mass is 9.99. The molecule has 0 aliphatic carbocycles. The summed E-state index contributed by atoms with van der Waals surface area (Å²) in [6, 6.07) is 0. The second-order valence-corrected chi connectivity index (χ2v) is 5.91. The summed E-state index contributed by atoms with van der Waals surface area (Å²) in [5.41, 5.74) is 9.78. The standard InChI is InChI=1S/C15H26N4/c1-5-11-12(10-16)14(18-17-13(11)6-2)19-9-7-8-15(19,3)4/h5-10,16H2,1-4H3. The van der Waals surface area contributed by atoms with Crippen molar-refractivity contribution in [2.75, 3.05) is 11.4 Å². The summed E-state index contributed by atoms with van der Waals surface area (Å²) in [6.45, 7) is 10.5. The zero-order valence-corrected chi connectivity index (χ0v) is 12.7. The molecular weight excluding hydrogens is 236 g/mol. The first-order valence-corrected chi connectivity index (χ1v) is 7.40. The molecule has 2 rings (SSSR count). The largest absolute Gasteiger partial charge is 0.350 e. The molecule has 0 saturated carbocycles. The van der Waals surface area contributed by atoms with E-state index in [0.717, 1.165) is 30.9 Å². The fourth-order valence-corrected chi connectivity index (χ4v) is 3.17. The van der Waals surface area contributed by atoms with E-state index in [-0.39, 0.29) is 5.54 Å². The molecule has 0 aromatic carbocycles. The van der Waals surface area contributed by atoms with Gasteiger partial charge in [-0.2, -0.15) is 5.10 Å². The molecule has 0 bridgehead atoms. The number of nitrogens with two attached hydrogens (primary N) is 1. The van der Waals surface area contributed by atoms with Crippen LogP contribution in [0.4, 0.5) is 5.82 Å². The Morgan fingerprint density at radius 1 is 1.16 bits per heavy atom. The van der Waals surface area contributed by atoms with Crippen LogP contribution in [0.2, 0.25) is 0 Å². The molecule has 1 aromatic heterocycles. The van der Waals surface area contributed by atoms with Crippen LogP contribution in [0.5, 0.6) is 0 Å². The van der Waals surface area contributed by atoms with Crippen LogP contribution >= 0.6 is 0 Å². The van der Waals surface area contributed by atoms with Gasteiger partial charge in [0, 0.05) is 24.2 Å². The smallest absolute Gasteiger partial charge is 0.156 e. The Morgan fingerprint density at radius 2 is 1.89 bits per heavy atom.